The molecule has 0 amide bonds. The Morgan fingerprint density at radius 3 is 2.80 bits per heavy atom. The van der Waals surface area contributed by atoms with Crippen LogP contribution in [-0.2, 0) is 0 Å². The molecule has 2 heterocycles. The van der Waals surface area contributed by atoms with Crippen molar-refractivity contribution < 1.29 is 5.11 Å². The van der Waals surface area contributed by atoms with Crippen molar-refractivity contribution in [3.8, 4) is 0 Å². The average Bonchev–Trinajstić information content (AvgIpc) is 2.78. The van der Waals surface area contributed by atoms with Crippen molar-refractivity contribution in [3.05, 3.63) is 18.1 Å². The van der Waals surface area contributed by atoms with Crippen LogP contribution in [0.5, 0.6) is 0 Å². The van der Waals surface area contributed by atoms with Crippen LogP contribution in [0.4, 0.5) is 5.82 Å². The molecule has 108 valence electrons. The van der Waals surface area contributed by atoms with Gasteiger partial charge in [-0.3, -0.25) is 0 Å². The zero-order chi connectivity index (χ0) is 14.0. The molecule has 0 atom stereocenters. The van der Waals surface area contributed by atoms with Crippen LogP contribution in [0.1, 0.15) is 44.2 Å². The zero-order valence-corrected chi connectivity index (χ0v) is 11.8. The van der Waals surface area contributed by atoms with Crippen LogP contribution >= 0.6 is 0 Å². The van der Waals surface area contributed by atoms with Crippen molar-refractivity contribution in [2.45, 2.75) is 51.0 Å². The third-order valence-corrected chi connectivity index (χ3v) is 4.01. The summed E-state index contributed by atoms with van der Waals surface area (Å²) in [6, 6.07) is 1.93. The summed E-state index contributed by atoms with van der Waals surface area (Å²) in [7, 11) is 0. The second kappa shape index (κ2) is 5.36. The third-order valence-electron chi connectivity index (χ3n) is 4.01. The fourth-order valence-corrected chi connectivity index (χ4v) is 2.88. The summed E-state index contributed by atoms with van der Waals surface area (Å²) in [5.41, 5.74) is 0.279. The van der Waals surface area contributed by atoms with Crippen molar-refractivity contribution in [1.82, 2.24) is 19.6 Å². The lowest BCUT2D eigenvalue weighted by Crippen LogP contribution is -2.36. The summed E-state index contributed by atoms with van der Waals surface area (Å²) in [6.07, 6.45) is 7.88. The van der Waals surface area contributed by atoms with Gasteiger partial charge in [0.1, 0.15) is 12.1 Å². The number of anilines is 1. The number of fused-ring (bicyclic) bond motifs is 1. The molecule has 0 bridgehead atoms. The van der Waals surface area contributed by atoms with Gasteiger partial charge < -0.3 is 10.4 Å². The minimum atomic E-state index is -0.611. The van der Waals surface area contributed by atoms with Crippen molar-refractivity contribution in [3.63, 3.8) is 0 Å². The fraction of sp³-hybridized carbons (Fsp3) is 0.643. The van der Waals surface area contributed by atoms with E-state index in [0.717, 1.165) is 37.2 Å². The molecule has 3 rings (SSSR count). The van der Waals surface area contributed by atoms with Gasteiger partial charge in [-0.2, -0.15) is 14.6 Å². The van der Waals surface area contributed by atoms with E-state index in [1.165, 1.54) is 19.2 Å². The Kier molecular flexibility index (Phi) is 3.56. The number of nitrogens with one attached hydrogen (secondary N) is 1. The molecule has 2 aromatic heterocycles. The fourth-order valence-electron chi connectivity index (χ4n) is 2.88. The second-order valence-electron chi connectivity index (χ2n) is 5.75. The highest BCUT2D eigenvalue weighted by Crippen LogP contribution is 2.27. The van der Waals surface area contributed by atoms with Crippen molar-refractivity contribution in [2.24, 2.45) is 0 Å². The molecular formula is C14H21N5O. The van der Waals surface area contributed by atoms with Crippen LogP contribution in [0.2, 0.25) is 0 Å². The van der Waals surface area contributed by atoms with Gasteiger partial charge in [-0.15, -0.1) is 0 Å². The first kappa shape index (κ1) is 13.3. The van der Waals surface area contributed by atoms with Gasteiger partial charge in [0, 0.05) is 18.3 Å². The number of aryl methyl sites for hydroxylation is 1. The van der Waals surface area contributed by atoms with E-state index in [1.54, 1.807) is 4.52 Å². The molecule has 6 heteroatoms. The van der Waals surface area contributed by atoms with Gasteiger partial charge in [-0.05, 0) is 19.8 Å². The first-order valence-corrected chi connectivity index (χ1v) is 7.30. The van der Waals surface area contributed by atoms with Gasteiger partial charge in [0.15, 0.2) is 0 Å². The number of hydrogen-bond acceptors (Lipinski definition) is 5. The molecular weight excluding hydrogens is 254 g/mol. The van der Waals surface area contributed by atoms with E-state index < -0.39 is 5.60 Å². The van der Waals surface area contributed by atoms with Gasteiger partial charge in [-0.1, -0.05) is 25.7 Å². The minimum absolute atomic E-state index is 0.547. The Morgan fingerprint density at radius 1 is 1.30 bits per heavy atom. The lowest BCUT2D eigenvalue weighted by Gasteiger charge is -2.27. The minimum Gasteiger partial charge on any atom is -0.388 e. The van der Waals surface area contributed by atoms with Gasteiger partial charge >= 0.3 is 0 Å². The van der Waals surface area contributed by atoms with E-state index in [4.69, 9.17) is 0 Å². The first-order chi connectivity index (χ1) is 9.66. The molecule has 0 radical (unpaired) electrons. The quantitative estimate of drug-likeness (QED) is 0.837. The standard InChI is InChI=1S/C14H21N5O/c1-11-8-12(19-13(18-11)16-10-17-19)15-9-14(20)6-4-2-3-5-7-14/h8,10,15,20H,2-7,9H2,1H3. The highest BCUT2D eigenvalue weighted by Gasteiger charge is 2.27. The normalized spacial score (nSPS) is 18.9. The number of aromatic nitrogens is 4. The van der Waals surface area contributed by atoms with Crippen LogP contribution < -0.4 is 5.32 Å². The van der Waals surface area contributed by atoms with Crippen LogP contribution in [0, 0.1) is 6.92 Å². The first-order valence-electron chi connectivity index (χ1n) is 7.30. The van der Waals surface area contributed by atoms with Crippen LogP contribution in [0.25, 0.3) is 5.78 Å². The smallest absolute Gasteiger partial charge is 0.254 e. The lowest BCUT2D eigenvalue weighted by molar-refractivity contribution is 0.0380. The highest BCUT2D eigenvalue weighted by molar-refractivity contribution is 5.44. The molecule has 0 saturated heterocycles. The summed E-state index contributed by atoms with van der Waals surface area (Å²) in [5.74, 6) is 1.42. The molecule has 0 unspecified atom stereocenters. The van der Waals surface area contributed by atoms with Crippen LogP contribution in [0.15, 0.2) is 12.4 Å². The largest absolute Gasteiger partial charge is 0.388 e. The molecule has 1 aliphatic rings. The summed E-state index contributed by atoms with van der Waals surface area (Å²) < 4.78 is 1.67. The molecule has 2 N–H and O–H groups in total. The second-order valence-corrected chi connectivity index (χ2v) is 5.75. The predicted molar refractivity (Wildman–Crippen MR) is 76.7 cm³/mol. The summed E-state index contributed by atoms with van der Waals surface area (Å²) in [4.78, 5) is 8.42. The molecule has 0 aliphatic heterocycles. The molecule has 1 aliphatic carbocycles. The highest BCUT2D eigenvalue weighted by atomic mass is 16.3. The Hall–Kier alpha value is -1.69. The molecule has 0 spiro atoms. The number of rotatable bonds is 3. The SMILES string of the molecule is Cc1cc(NCC2(O)CCCCCC2)n2ncnc2n1. The maximum atomic E-state index is 10.7. The summed E-state index contributed by atoms with van der Waals surface area (Å²) in [6.45, 7) is 2.48. The Morgan fingerprint density at radius 2 is 2.05 bits per heavy atom. The number of nitrogens with zero attached hydrogens (tertiary/aromatic N) is 4. The van der Waals surface area contributed by atoms with E-state index in [9.17, 15) is 5.11 Å². The van der Waals surface area contributed by atoms with Crippen LogP contribution in [0.3, 0.4) is 0 Å². The van der Waals surface area contributed by atoms with E-state index in [-0.39, 0.29) is 0 Å². The lowest BCUT2D eigenvalue weighted by atomic mass is 9.94. The topological polar surface area (TPSA) is 75.3 Å². The van der Waals surface area contributed by atoms with Crippen molar-refractivity contribution in [2.75, 3.05) is 11.9 Å². The third kappa shape index (κ3) is 2.75. The Bertz CT molecular complexity index is 586. The van der Waals surface area contributed by atoms with Crippen molar-refractivity contribution >= 4 is 11.6 Å². The zero-order valence-electron chi connectivity index (χ0n) is 11.8. The summed E-state index contributed by atoms with van der Waals surface area (Å²) in [5, 5.41) is 18.2. The van der Waals surface area contributed by atoms with Gasteiger partial charge in [0.2, 0.25) is 0 Å². The molecule has 6 nitrogen and oxygen atoms in total. The maximum absolute atomic E-state index is 10.7. The molecule has 20 heavy (non-hydrogen) atoms. The van der Waals surface area contributed by atoms with E-state index in [0.29, 0.717) is 12.3 Å². The molecule has 0 aromatic carbocycles. The maximum Gasteiger partial charge on any atom is 0.254 e. The molecule has 1 fully saturated rings. The van der Waals surface area contributed by atoms with E-state index in [2.05, 4.69) is 20.4 Å². The van der Waals surface area contributed by atoms with Gasteiger partial charge in [0.05, 0.1) is 5.60 Å². The van der Waals surface area contributed by atoms with Gasteiger partial charge in [0.25, 0.3) is 5.78 Å². The van der Waals surface area contributed by atoms with E-state index in [1.807, 2.05) is 13.0 Å². The summed E-state index contributed by atoms with van der Waals surface area (Å²) >= 11 is 0. The van der Waals surface area contributed by atoms with Gasteiger partial charge in [-0.25, -0.2) is 4.98 Å². The average molecular weight is 275 g/mol. The van der Waals surface area contributed by atoms with E-state index >= 15 is 0 Å². The predicted octanol–water partition coefficient (Wildman–Crippen LogP) is 1.93. The molecule has 2 aromatic rings. The number of aliphatic hydroxyl groups is 1. The van der Waals surface area contributed by atoms with Crippen LogP contribution in [-0.4, -0.2) is 36.8 Å². The number of hydrogen-bond donors (Lipinski definition) is 2. The Balaban J connectivity index is 1.77. The molecule has 1 saturated carbocycles. The monoisotopic (exact) mass is 275 g/mol. The van der Waals surface area contributed by atoms with Crippen molar-refractivity contribution in [1.29, 1.82) is 0 Å². The Labute approximate surface area is 118 Å².